The fraction of sp³-hybridized carbons (Fsp3) is 0.258. The lowest BCUT2D eigenvalue weighted by atomic mass is 9.63. The molecule has 2 heterocycles. The number of hydrogen-bond donors (Lipinski definition) is 0. The highest BCUT2D eigenvalue weighted by Gasteiger charge is 2.71. The normalized spacial score (nSPS) is 23.6. The maximum atomic E-state index is 14.4. The highest BCUT2D eigenvalue weighted by atomic mass is 19.1. The minimum Gasteiger partial charge on any atom is -0.352 e. The minimum absolute atomic E-state index is 0.0691. The summed E-state index contributed by atoms with van der Waals surface area (Å²) in [5.41, 5.74) is 0.571. The number of nitrogens with zero attached hydrogens (tertiary/aromatic N) is 1. The Morgan fingerprint density at radius 2 is 1.50 bits per heavy atom. The Morgan fingerprint density at radius 1 is 0.889 bits per heavy atom. The Balaban J connectivity index is 1.70. The molecular weight excluding hydrogens is 453 g/mol. The molecule has 4 nitrogen and oxygen atoms in total. The average Bonchev–Trinajstić information content (AvgIpc) is 3.29. The maximum Gasteiger partial charge on any atom is 0.180 e. The summed E-state index contributed by atoms with van der Waals surface area (Å²) in [6, 6.07) is 19.3. The third kappa shape index (κ3) is 2.83. The molecule has 3 aliphatic rings. The number of rotatable bonds is 2. The summed E-state index contributed by atoms with van der Waals surface area (Å²) < 4.78 is 14.2. The standard InChI is InChI=1S/C31H26FNO3/c1-30(2,3)29(36)26-25(18-9-5-4-6-10-18)31(27(34)21-11-7-8-12-22(21)28(31)35)24-16-13-19-17-20(32)14-15-23(19)33(24)26/h4-17,24-26H,1-3H3/t24-,25-,26-/m0/s1. The molecule has 1 saturated heterocycles. The van der Waals surface area contributed by atoms with E-state index in [4.69, 9.17) is 0 Å². The van der Waals surface area contributed by atoms with Crippen molar-refractivity contribution in [3.63, 3.8) is 0 Å². The monoisotopic (exact) mass is 479 g/mol. The quantitative estimate of drug-likeness (QED) is 0.431. The molecule has 1 aliphatic carbocycles. The van der Waals surface area contributed by atoms with Crippen molar-refractivity contribution < 1.29 is 18.8 Å². The van der Waals surface area contributed by atoms with E-state index >= 15 is 0 Å². The van der Waals surface area contributed by atoms with Crippen molar-refractivity contribution in [2.75, 3.05) is 4.90 Å². The van der Waals surface area contributed by atoms with Gasteiger partial charge in [0.1, 0.15) is 11.2 Å². The van der Waals surface area contributed by atoms with Gasteiger partial charge in [-0.05, 0) is 23.8 Å². The van der Waals surface area contributed by atoms with E-state index < -0.39 is 28.8 Å². The zero-order valence-corrected chi connectivity index (χ0v) is 20.4. The molecule has 5 heteroatoms. The molecule has 0 saturated carbocycles. The van der Waals surface area contributed by atoms with Crippen molar-refractivity contribution in [2.24, 2.45) is 10.8 Å². The first-order valence-electron chi connectivity index (χ1n) is 12.2. The Morgan fingerprint density at radius 3 is 2.11 bits per heavy atom. The molecule has 180 valence electrons. The van der Waals surface area contributed by atoms with Crippen LogP contribution in [0.15, 0.2) is 78.9 Å². The van der Waals surface area contributed by atoms with Crippen molar-refractivity contribution in [2.45, 2.75) is 38.8 Å². The van der Waals surface area contributed by atoms with Gasteiger partial charge in [0.25, 0.3) is 0 Å². The molecule has 1 fully saturated rings. The molecule has 0 radical (unpaired) electrons. The van der Waals surface area contributed by atoms with Crippen molar-refractivity contribution in [3.05, 3.63) is 107 Å². The van der Waals surface area contributed by atoms with Crippen LogP contribution in [0.5, 0.6) is 0 Å². The average molecular weight is 480 g/mol. The predicted octanol–water partition coefficient (Wildman–Crippen LogP) is 5.87. The number of benzene rings is 3. The lowest BCUT2D eigenvalue weighted by molar-refractivity contribution is -0.127. The van der Waals surface area contributed by atoms with Crippen LogP contribution in [0.25, 0.3) is 6.08 Å². The second-order valence-corrected chi connectivity index (χ2v) is 10.9. The first kappa shape index (κ1) is 22.6. The first-order chi connectivity index (χ1) is 17.2. The van der Waals surface area contributed by atoms with Crippen LogP contribution in [0.1, 0.15) is 58.5 Å². The van der Waals surface area contributed by atoms with Crippen LogP contribution < -0.4 is 4.90 Å². The fourth-order valence-corrected chi connectivity index (χ4v) is 6.42. The largest absolute Gasteiger partial charge is 0.352 e. The third-order valence-corrected chi connectivity index (χ3v) is 7.93. The number of hydrogen-bond acceptors (Lipinski definition) is 4. The number of carbonyl (C=O) groups excluding carboxylic acids is 3. The van der Waals surface area contributed by atoms with Gasteiger partial charge in [0.15, 0.2) is 17.3 Å². The van der Waals surface area contributed by atoms with Gasteiger partial charge in [-0.25, -0.2) is 4.39 Å². The van der Waals surface area contributed by atoms with Crippen molar-refractivity contribution in [3.8, 4) is 0 Å². The Hall–Kier alpha value is -3.86. The molecule has 0 N–H and O–H groups in total. The van der Waals surface area contributed by atoms with Crippen LogP contribution in [0.3, 0.4) is 0 Å². The predicted molar refractivity (Wildman–Crippen MR) is 137 cm³/mol. The molecule has 2 aliphatic heterocycles. The number of halogens is 1. The lowest BCUT2D eigenvalue weighted by Crippen LogP contribution is -2.49. The van der Waals surface area contributed by atoms with Gasteiger partial charge < -0.3 is 4.90 Å². The van der Waals surface area contributed by atoms with Crippen LogP contribution >= 0.6 is 0 Å². The van der Waals surface area contributed by atoms with Crippen LogP contribution in [0, 0.1) is 16.6 Å². The summed E-state index contributed by atoms with van der Waals surface area (Å²) in [6.45, 7) is 5.57. The Bertz CT molecular complexity index is 1430. The van der Waals surface area contributed by atoms with E-state index in [0.717, 1.165) is 5.56 Å². The summed E-state index contributed by atoms with van der Waals surface area (Å²) in [4.78, 5) is 45.0. The van der Waals surface area contributed by atoms with Crippen LogP contribution in [0.4, 0.5) is 10.1 Å². The van der Waals surface area contributed by atoms with Gasteiger partial charge in [-0.15, -0.1) is 0 Å². The van der Waals surface area contributed by atoms with E-state index in [1.807, 2.05) is 62.1 Å². The van der Waals surface area contributed by atoms with Crippen LogP contribution in [0.2, 0.25) is 0 Å². The molecular formula is C31H26FNO3. The Kier molecular flexibility index (Phi) is 4.75. The smallest absolute Gasteiger partial charge is 0.180 e. The molecule has 0 aromatic heterocycles. The van der Waals surface area contributed by atoms with E-state index in [1.54, 1.807) is 36.4 Å². The lowest BCUT2D eigenvalue weighted by Gasteiger charge is -2.38. The number of Topliss-reactive ketones (excluding diaryl/α,β-unsaturated/α-hetero) is 3. The van der Waals surface area contributed by atoms with Crippen molar-refractivity contribution in [1.82, 2.24) is 0 Å². The van der Waals surface area contributed by atoms with Crippen LogP contribution in [-0.4, -0.2) is 29.4 Å². The highest BCUT2D eigenvalue weighted by molar-refractivity contribution is 6.32. The van der Waals surface area contributed by atoms with Gasteiger partial charge in [-0.1, -0.05) is 87.5 Å². The summed E-state index contributed by atoms with van der Waals surface area (Å²) in [5, 5.41) is 0. The molecule has 0 unspecified atom stereocenters. The molecule has 1 spiro atoms. The van der Waals surface area contributed by atoms with E-state index in [9.17, 15) is 18.8 Å². The van der Waals surface area contributed by atoms with Gasteiger partial charge >= 0.3 is 0 Å². The summed E-state index contributed by atoms with van der Waals surface area (Å²) >= 11 is 0. The molecule has 6 rings (SSSR count). The summed E-state index contributed by atoms with van der Waals surface area (Å²) in [6.07, 6.45) is 3.59. The SMILES string of the molecule is CC(C)(C)C(=O)[C@@H]1[C@H](c2ccccc2)C2(C(=O)c3ccccc3C2=O)[C@@H]2C=Cc3cc(F)ccc3N12. The highest BCUT2D eigenvalue weighted by Crippen LogP contribution is 2.61. The molecule has 3 aromatic carbocycles. The van der Waals surface area contributed by atoms with Gasteiger partial charge in [-0.2, -0.15) is 0 Å². The molecule has 36 heavy (non-hydrogen) atoms. The second-order valence-electron chi connectivity index (χ2n) is 10.9. The topological polar surface area (TPSA) is 54.5 Å². The first-order valence-corrected chi connectivity index (χ1v) is 12.2. The van der Waals surface area contributed by atoms with E-state index in [-0.39, 0.29) is 23.2 Å². The summed E-state index contributed by atoms with van der Waals surface area (Å²) in [7, 11) is 0. The third-order valence-electron chi connectivity index (χ3n) is 7.93. The van der Waals surface area contributed by atoms with E-state index in [2.05, 4.69) is 0 Å². The zero-order valence-electron chi connectivity index (χ0n) is 20.4. The van der Waals surface area contributed by atoms with Crippen molar-refractivity contribution >= 4 is 29.1 Å². The second kappa shape index (κ2) is 7.57. The zero-order chi connectivity index (χ0) is 25.4. The van der Waals surface area contributed by atoms with Crippen molar-refractivity contribution in [1.29, 1.82) is 0 Å². The van der Waals surface area contributed by atoms with Gasteiger partial charge in [-0.3, -0.25) is 14.4 Å². The number of fused-ring (bicyclic) bond motifs is 5. The van der Waals surface area contributed by atoms with Crippen LogP contribution in [-0.2, 0) is 4.79 Å². The van der Waals surface area contributed by atoms with Gasteiger partial charge in [0, 0.05) is 33.7 Å². The number of anilines is 1. The van der Waals surface area contributed by atoms with E-state index in [0.29, 0.717) is 22.4 Å². The maximum absolute atomic E-state index is 14.4. The molecule has 0 amide bonds. The number of ketones is 3. The molecule has 3 aromatic rings. The molecule has 0 bridgehead atoms. The van der Waals surface area contributed by atoms with Gasteiger partial charge in [0.2, 0.25) is 0 Å². The molecule has 3 atom stereocenters. The fourth-order valence-electron chi connectivity index (χ4n) is 6.42. The number of carbonyl (C=O) groups is 3. The minimum atomic E-state index is -1.51. The summed E-state index contributed by atoms with van der Waals surface area (Å²) in [5.74, 6) is -1.69. The van der Waals surface area contributed by atoms with Gasteiger partial charge in [0.05, 0.1) is 12.1 Å². The van der Waals surface area contributed by atoms with E-state index in [1.165, 1.54) is 12.1 Å². The Labute approximate surface area is 209 Å².